The zero-order chi connectivity index (χ0) is 15.8. The maximum atomic E-state index is 13.9. The molecule has 1 aromatic rings. The second kappa shape index (κ2) is 6.02. The van der Waals surface area contributed by atoms with Crippen molar-refractivity contribution in [3.8, 4) is 0 Å². The third-order valence-electron chi connectivity index (χ3n) is 4.21. The van der Waals surface area contributed by atoms with Crippen LogP contribution in [0.1, 0.15) is 44.2 Å². The molecule has 0 spiro atoms. The average molecular weight is 314 g/mol. The molecule has 2 atom stereocenters. The maximum Gasteiger partial charge on any atom is 0.243 e. The molecule has 0 aliphatic carbocycles. The second-order valence-corrected chi connectivity index (χ2v) is 7.72. The number of nitrogens with zero attached hydrogens (tertiary/aromatic N) is 1. The summed E-state index contributed by atoms with van der Waals surface area (Å²) in [5, 5.41) is 0. The molecule has 118 valence electrons. The summed E-state index contributed by atoms with van der Waals surface area (Å²) in [4.78, 5) is 0.141. The number of rotatable bonds is 3. The Hall–Kier alpha value is -0.980. The van der Waals surface area contributed by atoms with Crippen LogP contribution < -0.4 is 5.73 Å². The number of piperidine rings is 1. The molecule has 1 saturated heterocycles. The summed E-state index contributed by atoms with van der Waals surface area (Å²) in [5.41, 5.74) is 6.07. The topological polar surface area (TPSA) is 63.4 Å². The summed E-state index contributed by atoms with van der Waals surface area (Å²) in [7, 11) is -3.62. The maximum absolute atomic E-state index is 13.9. The first kappa shape index (κ1) is 16.4. The molecule has 0 bridgehead atoms. The van der Waals surface area contributed by atoms with Crippen LogP contribution in [0.3, 0.4) is 0 Å². The van der Waals surface area contributed by atoms with E-state index in [0.29, 0.717) is 5.56 Å². The van der Waals surface area contributed by atoms with E-state index in [-0.39, 0.29) is 29.1 Å². The minimum Gasteiger partial charge on any atom is -0.326 e. The van der Waals surface area contributed by atoms with E-state index in [1.807, 2.05) is 13.8 Å². The van der Waals surface area contributed by atoms with E-state index in [1.165, 1.54) is 12.1 Å². The highest BCUT2D eigenvalue weighted by Gasteiger charge is 2.36. The highest BCUT2D eigenvalue weighted by atomic mass is 32.2. The lowest BCUT2D eigenvalue weighted by atomic mass is 10.0. The van der Waals surface area contributed by atoms with Crippen LogP contribution >= 0.6 is 0 Å². The van der Waals surface area contributed by atoms with Crippen molar-refractivity contribution in [2.75, 3.05) is 0 Å². The van der Waals surface area contributed by atoms with Crippen molar-refractivity contribution in [3.63, 3.8) is 0 Å². The van der Waals surface area contributed by atoms with Crippen molar-refractivity contribution >= 4 is 10.0 Å². The van der Waals surface area contributed by atoms with Crippen LogP contribution in [0.5, 0.6) is 0 Å². The largest absolute Gasteiger partial charge is 0.326 e. The molecular weight excluding hydrogens is 291 g/mol. The van der Waals surface area contributed by atoms with Crippen molar-refractivity contribution in [2.24, 2.45) is 5.73 Å². The van der Waals surface area contributed by atoms with Gasteiger partial charge in [-0.1, -0.05) is 6.42 Å². The molecule has 0 radical (unpaired) electrons. The minimum atomic E-state index is -3.62. The Kier molecular flexibility index (Phi) is 4.70. The van der Waals surface area contributed by atoms with Gasteiger partial charge in [0.15, 0.2) is 0 Å². The van der Waals surface area contributed by atoms with Crippen molar-refractivity contribution in [1.29, 1.82) is 0 Å². The van der Waals surface area contributed by atoms with E-state index in [9.17, 15) is 12.8 Å². The molecule has 1 heterocycles. The van der Waals surface area contributed by atoms with Gasteiger partial charge in [-0.3, -0.25) is 0 Å². The van der Waals surface area contributed by atoms with Crippen molar-refractivity contribution < 1.29 is 12.8 Å². The molecule has 1 aromatic carbocycles. The minimum absolute atomic E-state index is 0.0128. The standard InChI is InChI=1S/C15H23FN2O2S/c1-10-7-14(8-13(9-17)15(10)16)21(19,20)18-11(2)5-4-6-12(18)3/h7-8,11-12H,4-6,9,17H2,1-3H3/t11-,12+. The van der Waals surface area contributed by atoms with E-state index < -0.39 is 15.8 Å². The molecule has 6 heteroatoms. The Bertz CT molecular complexity index is 621. The quantitative estimate of drug-likeness (QED) is 0.932. The average Bonchev–Trinajstić information content (AvgIpc) is 2.41. The van der Waals surface area contributed by atoms with Crippen LogP contribution in [0.4, 0.5) is 4.39 Å². The molecule has 1 aliphatic rings. The number of hydrogen-bond donors (Lipinski definition) is 1. The molecule has 0 amide bonds. The van der Waals surface area contributed by atoms with Gasteiger partial charge in [0.2, 0.25) is 10.0 Å². The second-order valence-electron chi connectivity index (χ2n) is 5.88. The zero-order valence-electron chi connectivity index (χ0n) is 12.8. The van der Waals surface area contributed by atoms with Crippen LogP contribution in [0, 0.1) is 12.7 Å². The van der Waals surface area contributed by atoms with Crippen molar-refractivity contribution in [3.05, 3.63) is 29.1 Å². The van der Waals surface area contributed by atoms with E-state index in [2.05, 4.69) is 0 Å². The SMILES string of the molecule is Cc1cc(S(=O)(=O)N2[C@H](C)CCC[C@@H]2C)cc(CN)c1F. The predicted octanol–water partition coefficient (Wildman–Crippen LogP) is 2.54. The van der Waals surface area contributed by atoms with Gasteiger partial charge in [0, 0.05) is 24.2 Å². The number of aryl methyl sites for hydroxylation is 1. The predicted molar refractivity (Wildman–Crippen MR) is 80.8 cm³/mol. The number of hydrogen-bond acceptors (Lipinski definition) is 3. The van der Waals surface area contributed by atoms with Gasteiger partial charge in [0.05, 0.1) is 4.90 Å². The monoisotopic (exact) mass is 314 g/mol. The molecule has 4 nitrogen and oxygen atoms in total. The van der Waals surface area contributed by atoms with Gasteiger partial charge in [-0.05, 0) is 51.3 Å². The summed E-state index contributed by atoms with van der Waals surface area (Å²) in [6.45, 7) is 5.40. The molecule has 2 rings (SSSR count). The lowest BCUT2D eigenvalue weighted by molar-refractivity contribution is 0.204. The molecule has 2 N–H and O–H groups in total. The van der Waals surface area contributed by atoms with Gasteiger partial charge in [0.1, 0.15) is 5.82 Å². The lowest BCUT2D eigenvalue weighted by Crippen LogP contribution is -2.47. The molecule has 1 aliphatic heterocycles. The molecule has 0 aromatic heterocycles. The molecule has 21 heavy (non-hydrogen) atoms. The van der Waals surface area contributed by atoms with E-state index >= 15 is 0 Å². The van der Waals surface area contributed by atoms with Gasteiger partial charge in [-0.15, -0.1) is 0 Å². The molecule has 0 saturated carbocycles. The van der Waals surface area contributed by atoms with E-state index in [0.717, 1.165) is 19.3 Å². The summed E-state index contributed by atoms with van der Waals surface area (Å²) in [6, 6.07) is 2.69. The normalized spacial score (nSPS) is 24.2. The molecule has 1 fully saturated rings. The fraction of sp³-hybridized carbons (Fsp3) is 0.600. The summed E-state index contributed by atoms with van der Waals surface area (Å²) >= 11 is 0. The van der Waals surface area contributed by atoms with Gasteiger partial charge >= 0.3 is 0 Å². The Morgan fingerprint density at radius 1 is 1.29 bits per heavy atom. The van der Waals surface area contributed by atoms with Gasteiger partial charge in [-0.2, -0.15) is 4.31 Å². The summed E-state index contributed by atoms with van der Waals surface area (Å²) < 4.78 is 41.2. The summed E-state index contributed by atoms with van der Waals surface area (Å²) in [5.74, 6) is -0.420. The highest BCUT2D eigenvalue weighted by Crippen LogP contribution is 2.30. The first-order valence-corrected chi connectivity index (χ1v) is 8.75. The fourth-order valence-electron chi connectivity index (χ4n) is 3.10. The lowest BCUT2D eigenvalue weighted by Gasteiger charge is -2.37. The van der Waals surface area contributed by atoms with E-state index in [4.69, 9.17) is 5.73 Å². The van der Waals surface area contributed by atoms with Crippen LogP contribution in [0.25, 0.3) is 0 Å². The third-order valence-corrected chi connectivity index (χ3v) is 6.32. The first-order valence-electron chi connectivity index (χ1n) is 7.31. The third kappa shape index (κ3) is 2.98. The van der Waals surface area contributed by atoms with Gasteiger partial charge < -0.3 is 5.73 Å². The Labute approximate surface area is 126 Å². The summed E-state index contributed by atoms with van der Waals surface area (Å²) in [6.07, 6.45) is 2.74. The van der Waals surface area contributed by atoms with Crippen molar-refractivity contribution in [2.45, 2.75) is 63.6 Å². The Balaban J connectivity index is 2.51. The van der Waals surface area contributed by atoms with Crippen LogP contribution in [0.2, 0.25) is 0 Å². The number of benzene rings is 1. The van der Waals surface area contributed by atoms with Crippen molar-refractivity contribution in [1.82, 2.24) is 4.31 Å². The number of sulfonamides is 1. The Morgan fingerprint density at radius 2 is 1.86 bits per heavy atom. The van der Waals surface area contributed by atoms with Gasteiger partial charge in [-0.25, -0.2) is 12.8 Å². The fourth-order valence-corrected chi connectivity index (χ4v) is 5.12. The van der Waals surface area contributed by atoms with E-state index in [1.54, 1.807) is 11.2 Å². The number of nitrogens with two attached hydrogens (primary N) is 1. The first-order chi connectivity index (χ1) is 9.78. The van der Waals surface area contributed by atoms with Crippen LogP contribution in [-0.4, -0.2) is 24.8 Å². The number of halogens is 1. The zero-order valence-corrected chi connectivity index (χ0v) is 13.6. The highest BCUT2D eigenvalue weighted by molar-refractivity contribution is 7.89. The van der Waals surface area contributed by atoms with Crippen LogP contribution in [0.15, 0.2) is 17.0 Å². The molecule has 0 unspecified atom stereocenters. The van der Waals surface area contributed by atoms with Gasteiger partial charge in [0.25, 0.3) is 0 Å². The Morgan fingerprint density at radius 3 is 2.38 bits per heavy atom. The van der Waals surface area contributed by atoms with Crippen LogP contribution in [-0.2, 0) is 16.6 Å². The smallest absolute Gasteiger partial charge is 0.243 e. The molecular formula is C15H23FN2O2S.